The minimum atomic E-state index is -0.757. The lowest BCUT2D eigenvalue weighted by molar-refractivity contribution is -0.141. The van der Waals surface area contributed by atoms with Crippen molar-refractivity contribution in [2.45, 2.75) is 70.8 Å². The number of benzene rings is 2. The Labute approximate surface area is 196 Å². The van der Waals surface area contributed by atoms with Crippen LogP contribution in [0, 0.1) is 11.8 Å². The van der Waals surface area contributed by atoms with E-state index in [2.05, 4.69) is 41.1 Å². The van der Waals surface area contributed by atoms with E-state index < -0.39 is 11.9 Å². The van der Waals surface area contributed by atoms with Crippen molar-refractivity contribution in [2.24, 2.45) is 11.8 Å². The van der Waals surface area contributed by atoms with E-state index in [4.69, 9.17) is 4.74 Å². The summed E-state index contributed by atoms with van der Waals surface area (Å²) in [5.41, 5.74) is 4.54. The number of ether oxygens (including phenoxy) is 1. The van der Waals surface area contributed by atoms with E-state index >= 15 is 0 Å². The van der Waals surface area contributed by atoms with Gasteiger partial charge in [-0.05, 0) is 79.5 Å². The minimum absolute atomic E-state index is 0.411. The number of fused-ring (bicyclic) bond motifs is 1. The molecule has 0 radical (unpaired) electrons. The lowest BCUT2D eigenvalue weighted by Gasteiger charge is -2.17. The summed E-state index contributed by atoms with van der Waals surface area (Å²) in [6, 6.07) is 15.8. The van der Waals surface area contributed by atoms with Crippen LogP contribution >= 0.6 is 0 Å². The Morgan fingerprint density at radius 1 is 1.03 bits per heavy atom. The van der Waals surface area contributed by atoms with E-state index in [-0.39, 0.29) is 0 Å². The van der Waals surface area contributed by atoms with E-state index in [0.717, 1.165) is 29.0 Å². The zero-order valence-electron chi connectivity index (χ0n) is 19.6. The van der Waals surface area contributed by atoms with Crippen LogP contribution < -0.4 is 4.74 Å². The number of aliphatic carboxylic acids is 1. The smallest absolute Gasteiger partial charge is 0.306 e. The third kappa shape index (κ3) is 4.80. The summed E-state index contributed by atoms with van der Waals surface area (Å²) < 4.78 is 8.81. The molecule has 1 aromatic heterocycles. The number of rotatable bonds is 8. The first-order chi connectivity index (χ1) is 16.1. The standard InChI is InChI=1S/C29H35NO3/c1-20(29(31)32)16-22-10-13-28(33-19-21-6-2-3-7-21)26(17-22)23-11-12-27-24(18-23)14-15-30(27)25-8-4-5-9-25/h10-15,17-18,20-21,25H,2-9,16,19H2,1H3,(H,31,32). The molecule has 0 amide bonds. The molecule has 3 aromatic rings. The van der Waals surface area contributed by atoms with Gasteiger partial charge in [0.1, 0.15) is 5.75 Å². The van der Waals surface area contributed by atoms with Crippen LogP contribution in [0.5, 0.6) is 5.75 Å². The molecule has 1 unspecified atom stereocenters. The molecule has 2 aromatic carbocycles. The van der Waals surface area contributed by atoms with Gasteiger partial charge in [0, 0.05) is 28.7 Å². The monoisotopic (exact) mass is 445 g/mol. The largest absolute Gasteiger partial charge is 0.493 e. The first kappa shape index (κ1) is 22.1. The summed E-state index contributed by atoms with van der Waals surface area (Å²) in [5, 5.41) is 10.6. The first-order valence-electron chi connectivity index (χ1n) is 12.7. The molecule has 0 saturated heterocycles. The third-order valence-corrected chi connectivity index (χ3v) is 7.71. The van der Waals surface area contributed by atoms with Gasteiger partial charge in [0.15, 0.2) is 0 Å². The van der Waals surface area contributed by atoms with Crippen molar-refractivity contribution in [1.82, 2.24) is 4.57 Å². The van der Waals surface area contributed by atoms with Crippen molar-refractivity contribution in [3.05, 3.63) is 54.2 Å². The molecule has 0 spiro atoms. The number of aromatic nitrogens is 1. The van der Waals surface area contributed by atoms with Gasteiger partial charge in [-0.2, -0.15) is 0 Å². The molecule has 0 bridgehead atoms. The fourth-order valence-electron chi connectivity index (χ4n) is 5.71. The van der Waals surface area contributed by atoms with Crippen LogP contribution in [0.4, 0.5) is 0 Å². The lowest BCUT2D eigenvalue weighted by Crippen LogP contribution is -2.12. The topological polar surface area (TPSA) is 51.5 Å². The number of hydrogen-bond acceptors (Lipinski definition) is 2. The predicted octanol–water partition coefficient (Wildman–Crippen LogP) is 7.26. The third-order valence-electron chi connectivity index (χ3n) is 7.71. The number of carboxylic acids is 1. The van der Waals surface area contributed by atoms with Gasteiger partial charge in [0.2, 0.25) is 0 Å². The zero-order chi connectivity index (χ0) is 22.8. The second-order valence-electron chi connectivity index (χ2n) is 10.2. The molecule has 0 aliphatic heterocycles. The van der Waals surface area contributed by atoms with Crippen molar-refractivity contribution in [2.75, 3.05) is 6.61 Å². The van der Waals surface area contributed by atoms with Gasteiger partial charge in [0.25, 0.3) is 0 Å². The number of nitrogens with zero attached hydrogens (tertiary/aromatic N) is 1. The first-order valence-corrected chi connectivity index (χ1v) is 12.7. The zero-order valence-corrected chi connectivity index (χ0v) is 19.6. The fraction of sp³-hybridized carbons (Fsp3) is 0.483. The molecule has 1 heterocycles. The van der Waals surface area contributed by atoms with Gasteiger partial charge in [-0.25, -0.2) is 0 Å². The van der Waals surface area contributed by atoms with Gasteiger partial charge in [0.05, 0.1) is 12.5 Å². The van der Waals surface area contributed by atoms with Crippen molar-refractivity contribution < 1.29 is 14.6 Å². The van der Waals surface area contributed by atoms with Gasteiger partial charge >= 0.3 is 5.97 Å². The Hall–Kier alpha value is -2.75. The molecule has 4 heteroatoms. The van der Waals surface area contributed by atoms with E-state index in [1.165, 1.54) is 62.3 Å². The molecule has 4 nitrogen and oxygen atoms in total. The second kappa shape index (κ2) is 9.62. The summed E-state index contributed by atoms with van der Waals surface area (Å²) in [7, 11) is 0. The summed E-state index contributed by atoms with van der Waals surface area (Å²) in [6.45, 7) is 2.53. The lowest BCUT2D eigenvalue weighted by atomic mass is 9.95. The molecule has 174 valence electrons. The number of carboxylic acid groups (broad SMARTS) is 1. The number of carbonyl (C=O) groups is 1. The quantitative estimate of drug-likeness (QED) is 0.397. The van der Waals surface area contributed by atoms with Crippen LogP contribution in [0.1, 0.15) is 69.9 Å². The summed E-state index contributed by atoms with van der Waals surface area (Å²) in [5.74, 6) is 0.384. The van der Waals surface area contributed by atoms with Crippen LogP contribution in [0.15, 0.2) is 48.7 Å². The van der Waals surface area contributed by atoms with E-state index in [9.17, 15) is 9.90 Å². The van der Waals surface area contributed by atoms with Crippen LogP contribution in [0.3, 0.4) is 0 Å². The molecule has 2 aliphatic rings. The highest BCUT2D eigenvalue weighted by Gasteiger charge is 2.20. The van der Waals surface area contributed by atoms with Crippen molar-refractivity contribution >= 4 is 16.9 Å². The molecule has 2 fully saturated rings. The SMILES string of the molecule is CC(Cc1ccc(OCC2CCCC2)c(-c2ccc3c(ccn3C3CCCC3)c2)c1)C(=O)O. The van der Waals surface area contributed by atoms with Crippen molar-refractivity contribution in [3.63, 3.8) is 0 Å². The molecule has 2 saturated carbocycles. The van der Waals surface area contributed by atoms with Gasteiger partial charge in [-0.3, -0.25) is 4.79 Å². The van der Waals surface area contributed by atoms with E-state index in [0.29, 0.717) is 18.4 Å². The highest BCUT2D eigenvalue weighted by molar-refractivity contribution is 5.87. The van der Waals surface area contributed by atoms with E-state index in [1.54, 1.807) is 6.92 Å². The average Bonchev–Trinajstić information content (AvgIpc) is 3.59. The highest BCUT2D eigenvalue weighted by atomic mass is 16.5. The van der Waals surface area contributed by atoms with Crippen LogP contribution in [-0.2, 0) is 11.2 Å². The number of hydrogen-bond donors (Lipinski definition) is 1. The Bertz CT molecular complexity index is 1120. The van der Waals surface area contributed by atoms with Gasteiger partial charge in [-0.1, -0.05) is 44.7 Å². The Balaban J connectivity index is 1.47. The molecular weight excluding hydrogens is 410 g/mol. The fourth-order valence-corrected chi connectivity index (χ4v) is 5.71. The molecule has 1 atom stereocenters. The van der Waals surface area contributed by atoms with Crippen LogP contribution in [0.25, 0.3) is 22.0 Å². The molecule has 1 N–H and O–H groups in total. The van der Waals surface area contributed by atoms with E-state index in [1.807, 2.05) is 12.1 Å². The Morgan fingerprint density at radius 2 is 1.79 bits per heavy atom. The van der Waals surface area contributed by atoms with Gasteiger partial charge < -0.3 is 14.4 Å². The molecule has 5 rings (SSSR count). The molecule has 33 heavy (non-hydrogen) atoms. The van der Waals surface area contributed by atoms with Crippen LogP contribution in [0.2, 0.25) is 0 Å². The Kier molecular flexibility index (Phi) is 6.43. The summed E-state index contributed by atoms with van der Waals surface area (Å²) >= 11 is 0. The van der Waals surface area contributed by atoms with Crippen molar-refractivity contribution in [3.8, 4) is 16.9 Å². The maximum atomic E-state index is 11.4. The normalized spacial score (nSPS) is 18.2. The summed E-state index contributed by atoms with van der Waals surface area (Å²) in [4.78, 5) is 11.4. The maximum Gasteiger partial charge on any atom is 0.306 e. The maximum absolute atomic E-state index is 11.4. The minimum Gasteiger partial charge on any atom is -0.493 e. The molecule has 2 aliphatic carbocycles. The predicted molar refractivity (Wildman–Crippen MR) is 133 cm³/mol. The second-order valence-corrected chi connectivity index (χ2v) is 10.2. The van der Waals surface area contributed by atoms with Gasteiger partial charge in [-0.15, -0.1) is 0 Å². The van der Waals surface area contributed by atoms with Crippen LogP contribution in [-0.4, -0.2) is 22.2 Å². The molecular formula is C29H35NO3. The Morgan fingerprint density at radius 3 is 2.55 bits per heavy atom. The summed E-state index contributed by atoms with van der Waals surface area (Å²) in [6.07, 6.45) is 13.1. The highest BCUT2D eigenvalue weighted by Crippen LogP contribution is 2.37. The average molecular weight is 446 g/mol. The van der Waals surface area contributed by atoms with Crippen molar-refractivity contribution in [1.29, 1.82) is 0 Å².